The van der Waals surface area contributed by atoms with E-state index in [0.29, 0.717) is 0 Å². The lowest BCUT2D eigenvalue weighted by atomic mass is 10.4. The maximum atomic E-state index is 11.8. The Labute approximate surface area is 110 Å². The molecule has 0 saturated carbocycles. The Balaban J connectivity index is 3.98. The molecule has 118 valence electrons. The predicted octanol–water partition coefficient (Wildman–Crippen LogP) is 0.275. The quantitative estimate of drug-likeness (QED) is 0.693. The molecule has 0 fully saturated rings. The summed E-state index contributed by atoms with van der Waals surface area (Å²) in [7, 11) is 1.09. The van der Waals surface area contributed by atoms with E-state index >= 15 is 0 Å². The molecule has 0 bridgehead atoms. The van der Waals surface area contributed by atoms with Crippen LogP contribution in [-0.4, -0.2) is 62.3 Å². The zero-order valence-corrected chi connectivity index (χ0v) is 10.4. The van der Waals surface area contributed by atoms with Crippen molar-refractivity contribution in [2.75, 3.05) is 33.2 Å². The molecule has 0 spiro atoms. The van der Waals surface area contributed by atoms with Crippen LogP contribution in [-0.2, 0) is 9.59 Å². The number of nitrogens with zero attached hydrogens (tertiary/aromatic N) is 1. The molecular weight excluding hydrogens is 296 g/mol. The van der Waals surface area contributed by atoms with E-state index in [9.17, 15) is 35.9 Å². The first-order chi connectivity index (χ1) is 8.91. The van der Waals surface area contributed by atoms with E-state index in [1.54, 1.807) is 0 Å². The van der Waals surface area contributed by atoms with Crippen molar-refractivity contribution in [3.8, 4) is 0 Å². The minimum absolute atomic E-state index is 0.678. The summed E-state index contributed by atoms with van der Waals surface area (Å²) < 4.78 is 70.6. The Morgan fingerprint density at radius 2 is 1.50 bits per heavy atom. The topological polar surface area (TPSA) is 61.4 Å². The van der Waals surface area contributed by atoms with E-state index in [-0.39, 0.29) is 0 Å². The van der Waals surface area contributed by atoms with Crippen molar-refractivity contribution < 1.29 is 35.9 Å². The molecule has 0 aromatic carbocycles. The first-order valence-corrected chi connectivity index (χ1v) is 5.25. The molecule has 0 saturated heterocycles. The SMILES string of the molecule is CN(CC(=O)NCC(F)(F)F)C(=O)CNCC(F)(F)F. The molecule has 0 unspecified atom stereocenters. The summed E-state index contributed by atoms with van der Waals surface area (Å²) in [5, 5.41) is 3.34. The highest BCUT2D eigenvalue weighted by atomic mass is 19.4. The van der Waals surface area contributed by atoms with Gasteiger partial charge in [0.2, 0.25) is 11.8 Å². The molecule has 2 amide bonds. The van der Waals surface area contributed by atoms with Crippen LogP contribution in [0.25, 0.3) is 0 Å². The standard InChI is InChI=1S/C9H13F6N3O2/c1-18(3-6(19)17-5-9(13,14)15)7(20)2-16-4-8(10,11)12/h16H,2-5H2,1H3,(H,17,19). The third kappa shape index (κ3) is 10.4. The van der Waals surface area contributed by atoms with E-state index in [1.165, 1.54) is 5.32 Å². The molecule has 0 rings (SSSR count). The third-order valence-corrected chi connectivity index (χ3v) is 1.89. The molecule has 5 nitrogen and oxygen atoms in total. The van der Waals surface area contributed by atoms with Crippen molar-refractivity contribution in [2.45, 2.75) is 12.4 Å². The van der Waals surface area contributed by atoms with Crippen molar-refractivity contribution in [1.29, 1.82) is 0 Å². The second-order valence-electron chi connectivity index (χ2n) is 3.86. The highest BCUT2D eigenvalue weighted by molar-refractivity contribution is 5.85. The van der Waals surface area contributed by atoms with Gasteiger partial charge >= 0.3 is 12.4 Å². The Hall–Kier alpha value is -1.52. The molecule has 11 heteroatoms. The summed E-state index contributed by atoms with van der Waals surface area (Å²) in [6, 6.07) is 0. The highest BCUT2D eigenvalue weighted by Gasteiger charge is 2.28. The number of alkyl halides is 6. The Bertz CT molecular complexity index is 342. The van der Waals surface area contributed by atoms with Crippen LogP contribution in [0.2, 0.25) is 0 Å². The average molecular weight is 309 g/mol. The number of likely N-dealkylation sites (N-methyl/N-ethyl adjacent to an activating group) is 1. The van der Waals surface area contributed by atoms with Crippen molar-refractivity contribution in [3.05, 3.63) is 0 Å². The number of amides is 2. The van der Waals surface area contributed by atoms with Crippen LogP contribution >= 0.6 is 0 Å². The first kappa shape index (κ1) is 18.5. The molecule has 0 radical (unpaired) electrons. The van der Waals surface area contributed by atoms with E-state index < -0.39 is 50.3 Å². The smallest absolute Gasteiger partial charge is 0.345 e. The molecule has 2 N–H and O–H groups in total. The van der Waals surface area contributed by atoms with Gasteiger partial charge in [-0.05, 0) is 0 Å². The third-order valence-electron chi connectivity index (χ3n) is 1.89. The number of hydrogen-bond acceptors (Lipinski definition) is 3. The Morgan fingerprint density at radius 1 is 1.00 bits per heavy atom. The van der Waals surface area contributed by atoms with Gasteiger partial charge in [0.25, 0.3) is 0 Å². The molecule has 0 aromatic rings. The van der Waals surface area contributed by atoms with Gasteiger partial charge in [-0.2, -0.15) is 26.3 Å². The van der Waals surface area contributed by atoms with Gasteiger partial charge in [-0.3, -0.25) is 9.59 Å². The summed E-state index contributed by atoms with van der Waals surface area (Å²) in [5.74, 6) is -1.91. The molecule has 0 heterocycles. The van der Waals surface area contributed by atoms with Gasteiger partial charge in [-0.25, -0.2) is 0 Å². The largest absolute Gasteiger partial charge is 0.405 e. The van der Waals surface area contributed by atoms with Crippen molar-refractivity contribution in [3.63, 3.8) is 0 Å². The fourth-order valence-corrected chi connectivity index (χ4v) is 1.00. The minimum atomic E-state index is -4.58. The molecule has 0 atom stereocenters. The van der Waals surface area contributed by atoms with Crippen molar-refractivity contribution >= 4 is 11.8 Å². The van der Waals surface area contributed by atoms with Gasteiger partial charge in [-0.1, -0.05) is 0 Å². The monoisotopic (exact) mass is 309 g/mol. The summed E-state index contributed by atoms with van der Waals surface area (Å²) in [4.78, 5) is 23.0. The zero-order valence-electron chi connectivity index (χ0n) is 10.4. The van der Waals surface area contributed by atoms with Gasteiger partial charge in [0.05, 0.1) is 19.6 Å². The normalized spacial score (nSPS) is 12.2. The van der Waals surface area contributed by atoms with E-state index in [2.05, 4.69) is 0 Å². The number of rotatable bonds is 6. The van der Waals surface area contributed by atoms with Crippen molar-refractivity contribution in [2.24, 2.45) is 0 Å². The van der Waals surface area contributed by atoms with E-state index in [4.69, 9.17) is 0 Å². The number of carbonyl (C=O) groups is 2. The molecule has 20 heavy (non-hydrogen) atoms. The lowest BCUT2D eigenvalue weighted by molar-refractivity contribution is -0.142. The molecule has 0 aliphatic rings. The van der Waals surface area contributed by atoms with Crippen LogP contribution in [0.1, 0.15) is 0 Å². The van der Waals surface area contributed by atoms with Gasteiger partial charge in [0.15, 0.2) is 0 Å². The number of hydrogen-bond donors (Lipinski definition) is 2. The van der Waals surface area contributed by atoms with Crippen molar-refractivity contribution in [1.82, 2.24) is 15.5 Å². The van der Waals surface area contributed by atoms with Gasteiger partial charge < -0.3 is 15.5 Å². The second-order valence-corrected chi connectivity index (χ2v) is 3.86. The Morgan fingerprint density at radius 3 is 1.95 bits per heavy atom. The van der Waals surface area contributed by atoms with Crippen LogP contribution in [0.4, 0.5) is 26.3 Å². The summed E-state index contributed by atoms with van der Waals surface area (Å²) in [5.41, 5.74) is 0. The molecular formula is C9H13F6N3O2. The average Bonchev–Trinajstić information content (AvgIpc) is 2.23. The maximum Gasteiger partial charge on any atom is 0.405 e. The maximum absolute atomic E-state index is 11.8. The fraction of sp³-hybridized carbons (Fsp3) is 0.778. The minimum Gasteiger partial charge on any atom is -0.345 e. The van der Waals surface area contributed by atoms with Crippen LogP contribution < -0.4 is 10.6 Å². The first-order valence-electron chi connectivity index (χ1n) is 5.25. The van der Waals surface area contributed by atoms with Crippen LogP contribution in [0.15, 0.2) is 0 Å². The molecule has 0 aliphatic carbocycles. The van der Waals surface area contributed by atoms with Crippen LogP contribution in [0.5, 0.6) is 0 Å². The lowest BCUT2D eigenvalue weighted by Crippen LogP contribution is -2.45. The van der Waals surface area contributed by atoms with Gasteiger partial charge in [-0.15, -0.1) is 0 Å². The number of nitrogens with one attached hydrogen (secondary N) is 2. The summed E-state index contributed by atoms with van der Waals surface area (Å²) >= 11 is 0. The van der Waals surface area contributed by atoms with E-state index in [0.717, 1.165) is 11.9 Å². The molecule has 0 aromatic heterocycles. The second kappa shape index (κ2) is 7.31. The Kier molecular flexibility index (Phi) is 6.76. The molecule has 0 aliphatic heterocycles. The highest BCUT2D eigenvalue weighted by Crippen LogP contribution is 2.12. The van der Waals surface area contributed by atoms with Gasteiger partial charge in [0.1, 0.15) is 6.54 Å². The van der Waals surface area contributed by atoms with Crippen LogP contribution in [0, 0.1) is 0 Å². The number of carbonyl (C=O) groups excluding carboxylic acids is 2. The van der Waals surface area contributed by atoms with E-state index in [1.807, 2.05) is 5.32 Å². The fourth-order valence-electron chi connectivity index (χ4n) is 1.00. The summed E-state index contributed by atoms with van der Waals surface area (Å²) in [6.07, 6.45) is -9.06. The number of halogens is 6. The van der Waals surface area contributed by atoms with Crippen LogP contribution in [0.3, 0.4) is 0 Å². The lowest BCUT2D eigenvalue weighted by Gasteiger charge is -2.18. The zero-order chi connectivity index (χ0) is 16.0. The van der Waals surface area contributed by atoms with Gasteiger partial charge in [0, 0.05) is 7.05 Å². The summed E-state index contributed by atoms with van der Waals surface area (Å²) in [6.45, 7) is -4.28. The predicted molar refractivity (Wildman–Crippen MR) is 55.6 cm³/mol.